The van der Waals surface area contributed by atoms with E-state index < -0.39 is 8.49 Å². The van der Waals surface area contributed by atoms with E-state index in [0.29, 0.717) is 0 Å². The average Bonchev–Trinajstić information content (AvgIpc) is 3.09. The Balaban J connectivity index is 1.81. The van der Waals surface area contributed by atoms with Gasteiger partial charge in [-0.3, -0.25) is 0 Å². The van der Waals surface area contributed by atoms with Gasteiger partial charge in [0, 0.05) is 0 Å². The Hall–Kier alpha value is -2.62. The van der Waals surface area contributed by atoms with Crippen molar-refractivity contribution >= 4 is 84.4 Å². The minimum atomic E-state index is -3.19. The van der Waals surface area contributed by atoms with Crippen molar-refractivity contribution in [3.05, 3.63) is 194 Å². The van der Waals surface area contributed by atoms with E-state index in [4.69, 9.17) is 0 Å². The van der Waals surface area contributed by atoms with Gasteiger partial charge in [-0.05, 0) is 0 Å². The molecule has 0 N–H and O–H groups in total. The van der Waals surface area contributed by atoms with Crippen LogP contribution in [0.4, 0.5) is 0 Å². The normalized spacial score (nSPS) is 14.0. The van der Waals surface area contributed by atoms with Crippen molar-refractivity contribution in [3.63, 3.8) is 0 Å². The molecule has 0 aliphatic carbocycles. The van der Waals surface area contributed by atoms with E-state index in [9.17, 15) is 0 Å². The Morgan fingerprint density at radius 1 is 0.262 bits per heavy atom. The van der Waals surface area contributed by atoms with Crippen LogP contribution < -0.4 is 31.8 Å². The van der Waals surface area contributed by atoms with Crippen LogP contribution in [0.25, 0.3) is 0 Å². The fourth-order valence-electron chi connectivity index (χ4n) is 5.98. The minimum absolute atomic E-state index is 1.34. The molecule has 6 aromatic carbocycles. The van der Waals surface area contributed by atoms with Crippen LogP contribution in [0.5, 0.6) is 0 Å². The van der Waals surface area contributed by atoms with Gasteiger partial charge in [-0.25, -0.2) is 0 Å². The first-order chi connectivity index (χ1) is 20.5. The average molecular weight is 804 g/mol. The second-order valence-electron chi connectivity index (χ2n) is 10.5. The van der Waals surface area contributed by atoms with Gasteiger partial charge in [0.1, 0.15) is 0 Å². The van der Waals surface area contributed by atoms with Crippen molar-refractivity contribution in [2.75, 3.05) is 0 Å². The van der Waals surface area contributed by atoms with Crippen LogP contribution in [0, 0.1) is 0 Å². The first-order valence-electron chi connectivity index (χ1n) is 14.0. The SMILES string of the molecule is IP(/C=C/P(I)(c1ccccc1)(c1ccccc1)c1ccccc1)(c1ccccc1)(c1ccccc1)c1ccccc1. The maximum atomic E-state index is 2.87. The number of halogens is 2. The van der Waals surface area contributed by atoms with Gasteiger partial charge in [-0.2, -0.15) is 0 Å². The summed E-state index contributed by atoms with van der Waals surface area (Å²) in [6.45, 7) is 0. The number of rotatable bonds is 8. The van der Waals surface area contributed by atoms with Crippen LogP contribution in [-0.4, -0.2) is 0 Å². The van der Waals surface area contributed by atoms with Crippen molar-refractivity contribution in [1.82, 2.24) is 0 Å². The van der Waals surface area contributed by atoms with Crippen LogP contribution in [0.15, 0.2) is 194 Å². The molecule has 0 amide bonds. The summed E-state index contributed by atoms with van der Waals surface area (Å²) >= 11 is 5.74. The van der Waals surface area contributed by atoms with Gasteiger partial charge in [0.25, 0.3) is 0 Å². The molecule has 0 saturated carbocycles. The molecule has 0 spiro atoms. The monoisotopic (exact) mass is 804 g/mol. The molecule has 42 heavy (non-hydrogen) atoms. The number of benzene rings is 6. The second kappa shape index (κ2) is 11.8. The first kappa shape index (κ1) is 29.5. The summed E-state index contributed by atoms with van der Waals surface area (Å²) in [5, 5.41) is 8.05. The van der Waals surface area contributed by atoms with Crippen LogP contribution in [-0.2, 0) is 0 Å². The zero-order chi connectivity index (χ0) is 29.0. The molecule has 0 unspecified atom stereocenters. The predicted molar refractivity (Wildman–Crippen MR) is 207 cm³/mol. The predicted octanol–water partition coefficient (Wildman–Crippen LogP) is 9.22. The van der Waals surface area contributed by atoms with Crippen LogP contribution in [0.1, 0.15) is 0 Å². The molecule has 0 aliphatic rings. The molecule has 0 aliphatic heterocycles. The van der Waals surface area contributed by atoms with Crippen molar-refractivity contribution < 1.29 is 0 Å². The van der Waals surface area contributed by atoms with Crippen LogP contribution in [0.2, 0.25) is 0 Å². The van der Waals surface area contributed by atoms with Gasteiger partial charge < -0.3 is 0 Å². The third-order valence-electron chi connectivity index (χ3n) is 8.19. The van der Waals surface area contributed by atoms with Crippen molar-refractivity contribution in [1.29, 1.82) is 0 Å². The Labute approximate surface area is 275 Å². The van der Waals surface area contributed by atoms with Gasteiger partial charge in [0.15, 0.2) is 0 Å². The topological polar surface area (TPSA) is 0 Å². The molecule has 0 aromatic heterocycles. The molecule has 0 heterocycles. The van der Waals surface area contributed by atoms with Gasteiger partial charge in [-0.15, -0.1) is 0 Å². The molecule has 0 fully saturated rings. The van der Waals surface area contributed by atoms with E-state index in [1.807, 2.05) is 0 Å². The number of hydrogen-bond acceptors (Lipinski definition) is 0. The second-order valence-corrected chi connectivity index (χ2v) is 30.5. The third kappa shape index (κ3) is 4.72. The molecule has 208 valence electrons. The van der Waals surface area contributed by atoms with Crippen molar-refractivity contribution in [2.45, 2.75) is 0 Å². The van der Waals surface area contributed by atoms with E-state index in [2.05, 4.69) is 238 Å². The van der Waals surface area contributed by atoms with Crippen molar-refractivity contribution in [2.24, 2.45) is 0 Å². The molecule has 0 nitrogen and oxygen atoms in total. The van der Waals surface area contributed by atoms with E-state index in [1.165, 1.54) is 31.8 Å². The number of hydrogen-bond donors (Lipinski definition) is 0. The fourth-order valence-corrected chi connectivity index (χ4v) is 23.7. The van der Waals surface area contributed by atoms with Gasteiger partial charge in [0.2, 0.25) is 0 Å². The summed E-state index contributed by atoms with van der Waals surface area (Å²) < 4.78 is -6.38. The summed E-state index contributed by atoms with van der Waals surface area (Å²) in [5.41, 5.74) is 0. The molecule has 0 bridgehead atoms. The maximum absolute atomic E-state index is 3.19. The standard InChI is InChI=1S/C38H32I2P2/c39-41(33-19-7-1-8-20-33,34-21-9-2-10-22-34,35-23-11-3-12-24-35)31-32-42(40,36-25-13-4-14-26-36,37-27-15-5-16-28-37)38-29-17-6-18-30-38/h1-32H/b32-31+. The van der Waals surface area contributed by atoms with E-state index in [1.54, 1.807) is 0 Å². The van der Waals surface area contributed by atoms with Gasteiger partial charge in [-0.1, -0.05) is 0 Å². The zero-order valence-corrected chi connectivity index (χ0v) is 29.2. The molecule has 6 aromatic rings. The molecule has 0 atom stereocenters. The summed E-state index contributed by atoms with van der Waals surface area (Å²) in [4.78, 5) is 0. The van der Waals surface area contributed by atoms with Gasteiger partial charge in [0.05, 0.1) is 0 Å². The molecular formula is C38H32I2P2. The molecular weight excluding hydrogens is 772 g/mol. The summed E-state index contributed by atoms with van der Waals surface area (Å²) in [6.07, 6.45) is 0. The summed E-state index contributed by atoms with van der Waals surface area (Å²) in [7, 11) is 0. The first-order valence-corrected chi connectivity index (χ1v) is 24.2. The Kier molecular flexibility index (Phi) is 8.28. The summed E-state index contributed by atoms with van der Waals surface area (Å²) in [6, 6.07) is 66.8. The zero-order valence-electron chi connectivity index (χ0n) is 23.1. The molecule has 0 saturated heterocycles. The van der Waals surface area contributed by atoms with Gasteiger partial charge >= 0.3 is 278 Å². The van der Waals surface area contributed by atoms with E-state index in [-0.39, 0.29) is 0 Å². The quantitative estimate of drug-likeness (QED) is 0.106. The Bertz CT molecular complexity index is 1460. The summed E-state index contributed by atoms with van der Waals surface area (Å²) in [5.74, 6) is 5.28. The van der Waals surface area contributed by atoms with Crippen LogP contribution in [0.3, 0.4) is 0 Å². The Morgan fingerprint density at radius 2 is 0.405 bits per heavy atom. The Morgan fingerprint density at radius 3 is 0.548 bits per heavy atom. The van der Waals surface area contributed by atoms with E-state index in [0.717, 1.165) is 0 Å². The molecule has 0 radical (unpaired) electrons. The van der Waals surface area contributed by atoms with E-state index >= 15 is 0 Å². The van der Waals surface area contributed by atoms with Crippen LogP contribution >= 0.6 is 52.6 Å². The van der Waals surface area contributed by atoms with Crippen molar-refractivity contribution in [3.8, 4) is 0 Å². The molecule has 4 heteroatoms. The molecule has 6 rings (SSSR count). The third-order valence-corrected chi connectivity index (χ3v) is 29.7. The fraction of sp³-hybridized carbons (Fsp3) is 0.